The second kappa shape index (κ2) is 12.0. The maximum absolute atomic E-state index is 9.90. The fourth-order valence-corrected chi connectivity index (χ4v) is 7.98. The van der Waals surface area contributed by atoms with Crippen molar-refractivity contribution in [3.63, 3.8) is 0 Å². The largest absolute Gasteiger partial charge is 0.309 e. The van der Waals surface area contributed by atoms with Crippen LogP contribution in [0.4, 0.5) is 0 Å². The summed E-state index contributed by atoms with van der Waals surface area (Å²) in [4.78, 5) is 0. The fourth-order valence-electron chi connectivity index (χ4n) is 7.98. The van der Waals surface area contributed by atoms with Gasteiger partial charge in [-0.1, -0.05) is 115 Å². The summed E-state index contributed by atoms with van der Waals surface area (Å²) in [6.45, 7) is 0. The Balaban J connectivity index is 1.23. The van der Waals surface area contributed by atoms with Crippen LogP contribution in [0.15, 0.2) is 188 Å². The van der Waals surface area contributed by atoms with Gasteiger partial charge in [0.1, 0.15) is 0 Å². The van der Waals surface area contributed by atoms with Crippen LogP contribution in [-0.4, -0.2) is 9.13 Å². The second-order valence-corrected chi connectivity index (χ2v) is 13.3. The molecule has 0 saturated carbocycles. The molecule has 2 heterocycles. The van der Waals surface area contributed by atoms with E-state index >= 15 is 0 Å². The highest BCUT2D eigenvalue weighted by molar-refractivity contribution is 6.11. The average Bonchev–Trinajstić information content (AvgIpc) is 3.74. The predicted molar refractivity (Wildman–Crippen MR) is 216 cm³/mol. The molecule has 0 N–H and O–H groups in total. The fraction of sp³-hybridized carbons (Fsp3) is 0. The van der Waals surface area contributed by atoms with E-state index in [1.807, 2.05) is 24.3 Å². The van der Waals surface area contributed by atoms with Gasteiger partial charge in [0.2, 0.25) is 0 Å². The van der Waals surface area contributed by atoms with E-state index in [-0.39, 0.29) is 0 Å². The van der Waals surface area contributed by atoms with Gasteiger partial charge in [-0.15, -0.1) is 0 Å². The third kappa shape index (κ3) is 4.74. The number of hydrogen-bond donors (Lipinski definition) is 0. The third-order valence-corrected chi connectivity index (χ3v) is 10.3. The number of benzene rings is 8. The van der Waals surface area contributed by atoms with Gasteiger partial charge < -0.3 is 9.13 Å². The molecule has 52 heavy (non-hydrogen) atoms. The van der Waals surface area contributed by atoms with Crippen LogP contribution >= 0.6 is 0 Å². The first kappa shape index (κ1) is 29.7. The molecule has 0 spiro atoms. The Hall–Kier alpha value is -7.15. The highest BCUT2D eigenvalue weighted by Gasteiger charge is 2.17. The lowest BCUT2D eigenvalue weighted by atomic mass is 9.93. The summed E-state index contributed by atoms with van der Waals surface area (Å²) in [5.41, 5.74) is 14.1. The molecule has 3 heteroatoms. The smallest absolute Gasteiger partial charge is 0.0998 e. The Morgan fingerprint density at radius 1 is 0.327 bits per heavy atom. The molecule has 0 radical (unpaired) electrons. The van der Waals surface area contributed by atoms with Crippen molar-refractivity contribution >= 4 is 43.6 Å². The lowest BCUT2D eigenvalue weighted by Crippen LogP contribution is -1.96. The van der Waals surface area contributed by atoms with Crippen molar-refractivity contribution in [3.05, 3.63) is 194 Å². The van der Waals surface area contributed by atoms with Crippen LogP contribution in [-0.2, 0) is 0 Å². The van der Waals surface area contributed by atoms with Crippen LogP contribution in [0.2, 0.25) is 0 Å². The molecule has 0 aliphatic heterocycles. The Bertz CT molecular complexity index is 2970. The van der Waals surface area contributed by atoms with Crippen molar-refractivity contribution < 1.29 is 0 Å². The lowest BCUT2D eigenvalue weighted by Gasteiger charge is -2.15. The summed E-state index contributed by atoms with van der Waals surface area (Å²) in [6, 6.07) is 69.2. The van der Waals surface area contributed by atoms with Crippen LogP contribution in [0.25, 0.3) is 88.4 Å². The van der Waals surface area contributed by atoms with E-state index in [0.717, 1.165) is 44.8 Å². The van der Waals surface area contributed by atoms with Gasteiger partial charge in [0.25, 0.3) is 0 Å². The quantitative estimate of drug-likeness (QED) is 0.181. The highest BCUT2D eigenvalue weighted by atomic mass is 15.0. The maximum atomic E-state index is 9.90. The summed E-state index contributed by atoms with van der Waals surface area (Å²) in [7, 11) is 0. The predicted octanol–water partition coefficient (Wildman–Crippen LogP) is 12.8. The zero-order chi connectivity index (χ0) is 34.6. The normalized spacial score (nSPS) is 11.4. The van der Waals surface area contributed by atoms with Crippen LogP contribution < -0.4 is 0 Å². The number of nitriles is 1. The summed E-state index contributed by atoms with van der Waals surface area (Å²) in [6.07, 6.45) is 0. The van der Waals surface area contributed by atoms with Crippen molar-refractivity contribution in [2.75, 3.05) is 0 Å². The molecule has 10 rings (SSSR count). The van der Waals surface area contributed by atoms with Crippen LogP contribution in [0, 0.1) is 11.3 Å². The van der Waals surface area contributed by atoms with Gasteiger partial charge in [-0.25, -0.2) is 0 Å². The summed E-state index contributed by atoms with van der Waals surface area (Å²) in [5.74, 6) is 0. The Labute approximate surface area is 301 Å². The number of nitrogens with zero attached hydrogens (tertiary/aromatic N) is 3. The van der Waals surface area contributed by atoms with Gasteiger partial charge in [0.15, 0.2) is 0 Å². The first-order chi connectivity index (χ1) is 25.7. The average molecular weight is 662 g/mol. The molecule has 0 amide bonds. The van der Waals surface area contributed by atoms with Crippen molar-refractivity contribution in [1.29, 1.82) is 5.26 Å². The number of fused-ring (bicyclic) bond motifs is 6. The van der Waals surface area contributed by atoms with Gasteiger partial charge in [0, 0.05) is 32.9 Å². The second-order valence-electron chi connectivity index (χ2n) is 13.3. The summed E-state index contributed by atoms with van der Waals surface area (Å²) in [5, 5.41) is 14.8. The molecule has 242 valence electrons. The minimum atomic E-state index is 0.669. The standard InChI is InChI=1S/C49H31N3/c50-32-36-13-4-5-18-41(36)35-15-12-14-33(27-35)37-28-38(30-40(29-37)52-46-22-9-6-19-42(46)43-20-7-10-23-47(43)52)34-25-26-49-45(31-34)44-21-8-11-24-48(44)51(49)39-16-2-1-3-17-39/h1-31H. The third-order valence-electron chi connectivity index (χ3n) is 10.3. The number of rotatable bonds is 5. The summed E-state index contributed by atoms with van der Waals surface area (Å²) >= 11 is 0. The number of hydrogen-bond acceptors (Lipinski definition) is 1. The lowest BCUT2D eigenvalue weighted by molar-refractivity contribution is 1.18. The highest BCUT2D eigenvalue weighted by Crippen LogP contribution is 2.39. The molecule has 3 nitrogen and oxygen atoms in total. The monoisotopic (exact) mass is 661 g/mol. The van der Waals surface area contributed by atoms with E-state index in [9.17, 15) is 5.26 Å². The zero-order valence-electron chi connectivity index (χ0n) is 28.2. The number of para-hydroxylation sites is 4. The van der Waals surface area contributed by atoms with Crippen molar-refractivity contribution in [2.24, 2.45) is 0 Å². The van der Waals surface area contributed by atoms with Crippen molar-refractivity contribution in [1.82, 2.24) is 9.13 Å². The van der Waals surface area contributed by atoms with E-state index < -0.39 is 0 Å². The summed E-state index contributed by atoms with van der Waals surface area (Å²) < 4.78 is 4.76. The molecule has 0 fully saturated rings. The van der Waals surface area contributed by atoms with E-state index in [0.29, 0.717) is 5.56 Å². The molecule has 0 saturated heterocycles. The van der Waals surface area contributed by atoms with Gasteiger partial charge in [-0.3, -0.25) is 0 Å². The molecular weight excluding hydrogens is 631 g/mol. The molecule has 10 aromatic rings. The zero-order valence-corrected chi connectivity index (χ0v) is 28.2. The molecule has 0 atom stereocenters. The molecule has 0 aliphatic rings. The van der Waals surface area contributed by atoms with E-state index in [2.05, 4.69) is 179 Å². The topological polar surface area (TPSA) is 33.6 Å². The minimum Gasteiger partial charge on any atom is -0.309 e. The molecular formula is C49H31N3. The number of aromatic nitrogens is 2. The Morgan fingerprint density at radius 3 is 1.50 bits per heavy atom. The Kier molecular flexibility index (Phi) is 6.87. The van der Waals surface area contributed by atoms with Crippen molar-refractivity contribution in [3.8, 4) is 50.8 Å². The maximum Gasteiger partial charge on any atom is 0.0998 e. The van der Waals surface area contributed by atoms with Crippen LogP contribution in [0.5, 0.6) is 0 Å². The Morgan fingerprint density at radius 2 is 0.827 bits per heavy atom. The van der Waals surface area contributed by atoms with E-state index in [1.165, 1.54) is 43.6 Å². The first-order valence-corrected chi connectivity index (χ1v) is 17.6. The van der Waals surface area contributed by atoms with E-state index in [1.54, 1.807) is 0 Å². The first-order valence-electron chi connectivity index (χ1n) is 17.6. The molecule has 8 aromatic carbocycles. The van der Waals surface area contributed by atoms with Gasteiger partial charge in [-0.05, 0) is 106 Å². The van der Waals surface area contributed by atoms with Gasteiger partial charge in [-0.2, -0.15) is 5.26 Å². The minimum absolute atomic E-state index is 0.669. The van der Waals surface area contributed by atoms with Crippen molar-refractivity contribution in [2.45, 2.75) is 0 Å². The van der Waals surface area contributed by atoms with E-state index in [4.69, 9.17) is 0 Å². The van der Waals surface area contributed by atoms with Gasteiger partial charge >= 0.3 is 0 Å². The molecule has 0 bridgehead atoms. The molecule has 0 unspecified atom stereocenters. The van der Waals surface area contributed by atoms with Crippen LogP contribution in [0.1, 0.15) is 5.56 Å². The molecule has 0 aliphatic carbocycles. The van der Waals surface area contributed by atoms with Gasteiger partial charge in [0.05, 0.1) is 33.7 Å². The van der Waals surface area contributed by atoms with Crippen LogP contribution in [0.3, 0.4) is 0 Å². The molecule has 2 aromatic heterocycles. The SMILES string of the molecule is N#Cc1ccccc1-c1cccc(-c2cc(-c3ccc4c(c3)c3ccccc3n4-c3ccccc3)cc(-n3c4ccccc4c4ccccc43)c2)c1.